The molecule has 0 amide bonds. The van der Waals surface area contributed by atoms with Crippen LogP contribution in [0.4, 0.5) is 0 Å². The van der Waals surface area contributed by atoms with Gasteiger partial charge >= 0.3 is 24.2 Å². The number of ether oxygens (including phenoxy) is 2. The Bertz CT molecular complexity index is 2620. The van der Waals surface area contributed by atoms with Crippen molar-refractivity contribution in [2.75, 3.05) is 14.2 Å². The average Bonchev–Trinajstić information content (AvgIpc) is 3.94. The van der Waals surface area contributed by atoms with Crippen molar-refractivity contribution in [1.82, 2.24) is 40.8 Å². The molecule has 0 bridgehead atoms. The number of carbonyl (C=O) groups excluding carboxylic acids is 6. The second-order valence-electron chi connectivity index (χ2n) is 15.4. The van der Waals surface area contributed by atoms with Crippen LogP contribution >= 0.6 is 0 Å². The molecule has 0 fully saturated rings. The normalized spacial score (nSPS) is 16.6. The van der Waals surface area contributed by atoms with Gasteiger partial charge in [-0.3, -0.25) is 0 Å². The number of hydrogen-bond donors (Lipinski definition) is 1. The van der Waals surface area contributed by atoms with Crippen molar-refractivity contribution in [3.8, 4) is 0 Å². The van der Waals surface area contributed by atoms with E-state index in [-0.39, 0.29) is 24.2 Å². The van der Waals surface area contributed by atoms with Crippen LogP contribution in [0.15, 0.2) is 72.8 Å². The molecule has 0 spiro atoms. The molecule has 63 heavy (non-hydrogen) atoms. The number of fused-ring (bicyclic) bond motifs is 4. The van der Waals surface area contributed by atoms with Crippen LogP contribution in [-0.4, -0.2) is 79.3 Å². The number of aromatic amines is 1. The van der Waals surface area contributed by atoms with Crippen molar-refractivity contribution in [3.63, 3.8) is 0 Å². The second-order valence-corrected chi connectivity index (χ2v) is 15.4. The highest BCUT2D eigenvalue weighted by Crippen LogP contribution is 2.48. The first-order valence-electron chi connectivity index (χ1n) is 20.5. The quantitative estimate of drug-likeness (QED) is 0.176. The van der Waals surface area contributed by atoms with Gasteiger partial charge in [0.05, 0.1) is 36.2 Å². The van der Waals surface area contributed by atoms with Gasteiger partial charge < -0.3 is 9.47 Å². The molecule has 16 nitrogen and oxygen atoms in total. The minimum atomic E-state index is -0.495. The maximum absolute atomic E-state index is 12.2. The number of aryl methyl sites for hydroxylation is 7. The lowest BCUT2D eigenvalue weighted by Crippen LogP contribution is -2.34. The van der Waals surface area contributed by atoms with Crippen LogP contribution in [0.3, 0.4) is 0 Å². The average molecular weight is 855 g/mol. The fraction of sp³-hybridized carbons (Fsp3) is 0.362. The molecule has 8 rings (SSSR count). The lowest BCUT2D eigenvalue weighted by atomic mass is 9.68. The molecule has 1 N–H and O–H groups in total. The minimum Gasteiger partial charge on any atom is -0.465 e. The van der Waals surface area contributed by atoms with E-state index in [2.05, 4.69) is 106 Å². The summed E-state index contributed by atoms with van der Waals surface area (Å²) < 4.78 is 11.7. The summed E-state index contributed by atoms with van der Waals surface area (Å²) in [6.07, 6.45) is 7.67. The van der Waals surface area contributed by atoms with E-state index in [0.29, 0.717) is 17.0 Å². The number of nitrogens with zero attached hydrogens (tertiary/aromatic N) is 7. The fourth-order valence-electron chi connectivity index (χ4n) is 9.37. The lowest BCUT2D eigenvalue weighted by Gasteiger charge is -2.35. The predicted octanol–water partition coefficient (Wildman–Crippen LogP) is 5.90. The molecule has 2 unspecified atom stereocenters. The van der Waals surface area contributed by atoms with Gasteiger partial charge in [-0.05, 0) is 132 Å². The van der Waals surface area contributed by atoms with Gasteiger partial charge in [0.25, 0.3) is 0 Å². The zero-order valence-electron chi connectivity index (χ0n) is 36.5. The maximum Gasteiger partial charge on any atom is 0.373 e. The van der Waals surface area contributed by atoms with E-state index in [1.54, 1.807) is 4.68 Å². The number of esters is 2. The first kappa shape index (κ1) is 46.8. The number of aromatic nitrogens is 8. The molecule has 0 aliphatic heterocycles. The Hall–Kier alpha value is -7.28. The minimum absolute atomic E-state index is 0.250. The monoisotopic (exact) mass is 854 g/mol. The highest BCUT2D eigenvalue weighted by atomic mass is 16.5. The molecule has 2 aromatic heterocycles. The van der Waals surface area contributed by atoms with Gasteiger partial charge in [0.15, 0.2) is 11.6 Å². The number of hydrogen-bond acceptors (Lipinski definition) is 14. The summed E-state index contributed by atoms with van der Waals surface area (Å²) in [4.78, 5) is 56.8. The number of benzene rings is 4. The van der Waals surface area contributed by atoms with Crippen molar-refractivity contribution in [1.29, 1.82) is 0 Å². The Kier molecular flexibility index (Phi) is 15.6. The molecule has 2 atom stereocenters. The first-order chi connectivity index (χ1) is 30.4. The van der Waals surface area contributed by atoms with Crippen molar-refractivity contribution in [2.45, 2.75) is 89.9 Å². The highest BCUT2D eigenvalue weighted by molar-refractivity contribution is 5.90. The Morgan fingerprint density at radius 1 is 0.651 bits per heavy atom. The van der Waals surface area contributed by atoms with E-state index in [9.17, 15) is 9.59 Å². The van der Waals surface area contributed by atoms with E-state index in [0.717, 1.165) is 73.9 Å². The van der Waals surface area contributed by atoms with Gasteiger partial charge in [-0.15, -0.1) is 15.3 Å². The first-order valence-corrected chi connectivity index (χ1v) is 20.5. The Morgan fingerprint density at radius 2 is 1.06 bits per heavy atom. The maximum atomic E-state index is 12.2. The zero-order chi connectivity index (χ0) is 45.7. The third-order valence-electron chi connectivity index (χ3n) is 11.7. The summed E-state index contributed by atoms with van der Waals surface area (Å²) in [5, 5.41) is 28.0. The topological polar surface area (TPSA) is 219 Å². The molecule has 16 heteroatoms. The predicted molar refractivity (Wildman–Crippen MR) is 225 cm³/mol. The van der Waals surface area contributed by atoms with Crippen LogP contribution in [0.2, 0.25) is 0 Å². The summed E-state index contributed by atoms with van der Waals surface area (Å²) >= 11 is 0. The molecular formula is C47H50N8O8. The number of carbonyl (C=O) groups is 2. The molecular weight excluding hydrogens is 805 g/mol. The number of methoxy groups -OCH3 is 2. The smallest absolute Gasteiger partial charge is 0.373 e. The standard InChI is InChI=1S/C23H26N4O2.C22H24N4O2.2CO2/c1-5-12-23(22-24-25-26-27(22)3)19-10-6-15(2)13-16(19)7-8-17-14-18(21(28)29-4)9-11-20(17)23;1-4-11-22(21-23-25-26-24-21)18-9-5-14(2)12-15(18)6-7-16-13-17(20(27)28-3)8-10-19(16)22;2*2-1-3/h6,9-11,13-14H,5,7-8,12H2,1-4H3;5,8-10,12-13H,4,6-7,11H2,1-3H3,(H,23,24,25,26);;. The summed E-state index contributed by atoms with van der Waals surface area (Å²) in [6.45, 7) is 8.60. The van der Waals surface area contributed by atoms with Gasteiger partial charge in [0, 0.05) is 7.05 Å². The van der Waals surface area contributed by atoms with Crippen LogP contribution in [0, 0.1) is 13.8 Å². The molecule has 4 aromatic carbocycles. The molecule has 2 aliphatic rings. The Balaban J connectivity index is 0.000000211. The third-order valence-corrected chi connectivity index (χ3v) is 11.7. The summed E-state index contributed by atoms with van der Waals surface area (Å²) in [6, 6.07) is 25.0. The van der Waals surface area contributed by atoms with E-state index in [1.165, 1.54) is 53.2 Å². The molecule has 2 heterocycles. The van der Waals surface area contributed by atoms with E-state index in [4.69, 9.17) is 28.7 Å². The Labute approximate surface area is 364 Å². The van der Waals surface area contributed by atoms with Crippen molar-refractivity contribution in [3.05, 3.63) is 151 Å². The van der Waals surface area contributed by atoms with E-state index < -0.39 is 10.8 Å². The van der Waals surface area contributed by atoms with Gasteiger partial charge in [0.2, 0.25) is 0 Å². The van der Waals surface area contributed by atoms with Gasteiger partial charge in [0.1, 0.15) is 0 Å². The summed E-state index contributed by atoms with van der Waals surface area (Å²) in [7, 11) is 4.72. The van der Waals surface area contributed by atoms with E-state index >= 15 is 0 Å². The molecule has 6 aromatic rings. The number of rotatable bonds is 8. The SMILES string of the molecule is CCCC1(c2nn[nH]n2)c2ccc(C)cc2CCc2cc(C(=O)OC)ccc21.CCCC1(c2nnnn2C)c2ccc(C)cc2CCc2cc(C(=O)OC)ccc21.O=C=O.O=C=O. The van der Waals surface area contributed by atoms with Crippen LogP contribution in [0.1, 0.15) is 128 Å². The second kappa shape index (κ2) is 21.0. The Morgan fingerprint density at radius 3 is 1.44 bits per heavy atom. The van der Waals surface area contributed by atoms with Crippen LogP contribution in [0.25, 0.3) is 0 Å². The zero-order valence-corrected chi connectivity index (χ0v) is 36.5. The lowest BCUT2D eigenvalue weighted by molar-refractivity contribution is -0.193. The highest BCUT2D eigenvalue weighted by Gasteiger charge is 2.45. The molecule has 0 saturated heterocycles. The third kappa shape index (κ3) is 9.32. The van der Waals surface area contributed by atoms with Crippen LogP contribution < -0.4 is 0 Å². The molecule has 2 aliphatic carbocycles. The van der Waals surface area contributed by atoms with Crippen LogP contribution in [-0.2, 0) is 72.2 Å². The molecule has 0 radical (unpaired) electrons. The molecule has 326 valence electrons. The van der Waals surface area contributed by atoms with Gasteiger partial charge in [-0.2, -0.15) is 24.4 Å². The van der Waals surface area contributed by atoms with Gasteiger partial charge in [-0.1, -0.05) is 91.6 Å². The summed E-state index contributed by atoms with van der Waals surface area (Å²) in [5.41, 5.74) is 12.4. The van der Waals surface area contributed by atoms with Crippen molar-refractivity contribution in [2.24, 2.45) is 7.05 Å². The number of nitrogens with one attached hydrogen (secondary N) is 1. The number of tetrazole rings is 2. The number of H-pyrrole nitrogens is 1. The van der Waals surface area contributed by atoms with Gasteiger partial charge in [-0.25, -0.2) is 14.3 Å². The largest absolute Gasteiger partial charge is 0.465 e. The fourth-order valence-corrected chi connectivity index (χ4v) is 9.37. The molecule has 0 saturated carbocycles. The summed E-state index contributed by atoms with van der Waals surface area (Å²) in [5.74, 6) is 0.875. The van der Waals surface area contributed by atoms with E-state index in [1.807, 2.05) is 37.4 Å². The van der Waals surface area contributed by atoms with Crippen LogP contribution in [0.5, 0.6) is 0 Å². The van der Waals surface area contributed by atoms with Crippen molar-refractivity contribution >= 4 is 24.2 Å². The van der Waals surface area contributed by atoms with Crippen molar-refractivity contribution < 1.29 is 38.2 Å².